The summed E-state index contributed by atoms with van der Waals surface area (Å²) >= 11 is 6.64. The Morgan fingerprint density at radius 1 is 1.57 bits per heavy atom. The van der Waals surface area contributed by atoms with E-state index in [0.717, 1.165) is 17.8 Å². The molecule has 0 aliphatic heterocycles. The van der Waals surface area contributed by atoms with Crippen molar-refractivity contribution in [2.45, 2.75) is 20.3 Å². The SMILES string of the molecule is CC(C)CCNC(=O)c1nnc(Cl)s1. The molecule has 0 unspecified atom stereocenters. The van der Waals surface area contributed by atoms with Crippen molar-refractivity contribution in [2.24, 2.45) is 5.92 Å². The normalized spacial score (nSPS) is 10.6. The molecular formula is C8H12ClN3OS. The molecule has 0 aromatic carbocycles. The second-order valence-corrected chi connectivity index (χ2v) is 4.86. The van der Waals surface area contributed by atoms with Gasteiger partial charge in [0.1, 0.15) is 0 Å². The Morgan fingerprint density at radius 2 is 2.29 bits per heavy atom. The molecule has 6 heteroatoms. The molecule has 1 rings (SSSR count). The van der Waals surface area contributed by atoms with E-state index < -0.39 is 0 Å². The lowest BCUT2D eigenvalue weighted by atomic mass is 10.1. The molecule has 0 aliphatic rings. The topological polar surface area (TPSA) is 54.9 Å². The Morgan fingerprint density at radius 3 is 2.79 bits per heavy atom. The van der Waals surface area contributed by atoms with Gasteiger partial charge in [0.2, 0.25) is 9.47 Å². The van der Waals surface area contributed by atoms with Crippen LogP contribution in [0.4, 0.5) is 0 Å². The highest BCUT2D eigenvalue weighted by Crippen LogP contribution is 2.14. The highest BCUT2D eigenvalue weighted by Gasteiger charge is 2.10. The maximum atomic E-state index is 11.4. The standard InChI is InChI=1S/C8H12ClN3OS/c1-5(2)3-4-10-6(13)7-11-12-8(9)14-7/h5H,3-4H2,1-2H3,(H,10,13). The van der Waals surface area contributed by atoms with Gasteiger partial charge in [0.05, 0.1) is 0 Å². The summed E-state index contributed by atoms with van der Waals surface area (Å²) < 4.78 is 0.291. The molecule has 0 bridgehead atoms. The lowest BCUT2D eigenvalue weighted by Gasteiger charge is -2.04. The van der Waals surface area contributed by atoms with Crippen molar-refractivity contribution in [1.29, 1.82) is 0 Å². The lowest BCUT2D eigenvalue weighted by Crippen LogP contribution is -2.25. The third-order valence-electron chi connectivity index (χ3n) is 1.60. The number of hydrogen-bond donors (Lipinski definition) is 1. The molecule has 0 atom stereocenters. The number of amides is 1. The van der Waals surface area contributed by atoms with Gasteiger partial charge in [-0.15, -0.1) is 10.2 Å². The first-order chi connectivity index (χ1) is 6.59. The van der Waals surface area contributed by atoms with Crippen LogP contribution < -0.4 is 5.32 Å². The predicted molar refractivity (Wildman–Crippen MR) is 56.7 cm³/mol. The fraction of sp³-hybridized carbons (Fsp3) is 0.625. The van der Waals surface area contributed by atoms with Crippen LogP contribution in [0.5, 0.6) is 0 Å². The quantitative estimate of drug-likeness (QED) is 0.865. The van der Waals surface area contributed by atoms with E-state index in [0.29, 0.717) is 21.9 Å². The number of carbonyl (C=O) groups excluding carboxylic acids is 1. The van der Waals surface area contributed by atoms with Gasteiger partial charge in [0, 0.05) is 6.54 Å². The summed E-state index contributed by atoms with van der Waals surface area (Å²) in [5, 5.41) is 10.3. The number of halogens is 1. The van der Waals surface area contributed by atoms with Crippen molar-refractivity contribution in [3.05, 3.63) is 9.47 Å². The van der Waals surface area contributed by atoms with Crippen molar-refractivity contribution >= 4 is 28.8 Å². The van der Waals surface area contributed by atoms with Crippen LogP contribution >= 0.6 is 22.9 Å². The molecule has 4 nitrogen and oxygen atoms in total. The maximum Gasteiger partial charge on any atom is 0.282 e. The molecule has 78 valence electrons. The zero-order chi connectivity index (χ0) is 10.6. The fourth-order valence-electron chi connectivity index (χ4n) is 0.847. The number of carbonyl (C=O) groups is 1. The molecular weight excluding hydrogens is 222 g/mol. The zero-order valence-electron chi connectivity index (χ0n) is 8.08. The number of hydrogen-bond acceptors (Lipinski definition) is 4. The van der Waals surface area contributed by atoms with Gasteiger partial charge in [-0.05, 0) is 23.9 Å². The first-order valence-corrected chi connectivity index (χ1v) is 5.56. The molecule has 0 spiro atoms. The van der Waals surface area contributed by atoms with E-state index in [9.17, 15) is 4.79 Å². The minimum absolute atomic E-state index is 0.199. The summed E-state index contributed by atoms with van der Waals surface area (Å²) in [4.78, 5) is 11.4. The van der Waals surface area contributed by atoms with Crippen LogP contribution in [0.15, 0.2) is 0 Å². The maximum absolute atomic E-state index is 11.4. The van der Waals surface area contributed by atoms with Crippen molar-refractivity contribution in [3.8, 4) is 0 Å². The van der Waals surface area contributed by atoms with Crippen LogP contribution in [0.25, 0.3) is 0 Å². The monoisotopic (exact) mass is 233 g/mol. The van der Waals surface area contributed by atoms with Crippen LogP contribution in [-0.4, -0.2) is 22.6 Å². The van der Waals surface area contributed by atoms with E-state index in [1.807, 2.05) is 0 Å². The Labute approximate surface area is 91.7 Å². The van der Waals surface area contributed by atoms with E-state index in [1.165, 1.54) is 0 Å². The Hall–Kier alpha value is -0.680. The minimum Gasteiger partial charge on any atom is -0.350 e. The lowest BCUT2D eigenvalue weighted by molar-refractivity contribution is 0.0951. The molecule has 1 aromatic heterocycles. The molecule has 1 amide bonds. The van der Waals surface area contributed by atoms with Gasteiger partial charge in [-0.2, -0.15) is 0 Å². The minimum atomic E-state index is -0.199. The smallest absolute Gasteiger partial charge is 0.282 e. The summed E-state index contributed by atoms with van der Waals surface area (Å²) in [6.07, 6.45) is 0.957. The first-order valence-electron chi connectivity index (χ1n) is 4.37. The van der Waals surface area contributed by atoms with Crippen LogP contribution in [0.3, 0.4) is 0 Å². The Balaban J connectivity index is 2.36. The second kappa shape index (κ2) is 5.26. The van der Waals surface area contributed by atoms with E-state index in [4.69, 9.17) is 11.6 Å². The number of nitrogens with zero attached hydrogens (tertiary/aromatic N) is 2. The molecule has 1 N–H and O–H groups in total. The summed E-state index contributed by atoms with van der Waals surface area (Å²) in [5.74, 6) is 0.378. The molecule has 0 saturated carbocycles. The number of aromatic nitrogens is 2. The van der Waals surface area contributed by atoms with Gasteiger partial charge in [0.25, 0.3) is 5.91 Å². The van der Waals surface area contributed by atoms with Gasteiger partial charge in [-0.25, -0.2) is 0 Å². The zero-order valence-corrected chi connectivity index (χ0v) is 9.65. The van der Waals surface area contributed by atoms with Crippen LogP contribution in [0.1, 0.15) is 30.1 Å². The third-order valence-corrected chi connectivity index (χ3v) is 2.62. The van der Waals surface area contributed by atoms with Gasteiger partial charge in [0.15, 0.2) is 0 Å². The Kier molecular flexibility index (Phi) is 4.28. The van der Waals surface area contributed by atoms with Crippen molar-refractivity contribution < 1.29 is 4.79 Å². The van der Waals surface area contributed by atoms with Crippen molar-refractivity contribution in [3.63, 3.8) is 0 Å². The molecule has 1 heterocycles. The molecule has 0 fully saturated rings. The first kappa shape index (κ1) is 11.4. The van der Waals surface area contributed by atoms with Crippen molar-refractivity contribution in [1.82, 2.24) is 15.5 Å². The van der Waals surface area contributed by atoms with E-state index in [2.05, 4.69) is 29.4 Å². The summed E-state index contributed by atoms with van der Waals surface area (Å²) in [6.45, 7) is 4.87. The summed E-state index contributed by atoms with van der Waals surface area (Å²) in [5.41, 5.74) is 0. The highest BCUT2D eigenvalue weighted by atomic mass is 35.5. The predicted octanol–water partition coefficient (Wildman–Crippen LogP) is 1.97. The van der Waals surface area contributed by atoms with Crippen molar-refractivity contribution in [2.75, 3.05) is 6.54 Å². The van der Waals surface area contributed by atoms with Gasteiger partial charge < -0.3 is 5.32 Å². The van der Waals surface area contributed by atoms with Gasteiger partial charge in [-0.1, -0.05) is 25.2 Å². The fourth-order valence-corrected chi connectivity index (χ4v) is 1.59. The average molecular weight is 234 g/mol. The van der Waals surface area contributed by atoms with Crippen LogP contribution in [0.2, 0.25) is 4.47 Å². The second-order valence-electron chi connectivity index (χ2n) is 3.30. The molecule has 0 radical (unpaired) electrons. The van der Waals surface area contributed by atoms with Gasteiger partial charge in [-0.3, -0.25) is 4.79 Å². The third kappa shape index (κ3) is 3.59. The summed E-state index contributed by atoms with van der Waals surface area (Å²) in [7, 11) is 0. The van der Waals surface area contributed by atoms with E-state index >= 15 is 0 Å². The molecule has 14 heavy (non-hydrogen) atoms. The largest absolute Gasteiger partial charge is 0.350 e. The van der Waals surface area contributed by atoms with Crippen LogP contribution in [0, 0.1) is 5.92 Å². The van der Waals surface area contributed by atoms with Crippen LogP contribution in [-0.2, 0) is 0 Å². The average Bonchev–Trinajstić information content (AvgIpc) is 2.51. The molecule has 1 aromatic rings. The number of rotatable bonds is 4. The Bertz CT molecular complexity index is 313. The molecule has 0 aliphatic carbocycles. The van der Waals surface area contributed by atoms with Gasteiger partial charge >= 0.3 is 0 Å². The number of nitrogens with one attached hydrogen (secondary N) is 1. The summed E-state index contributed by atoms with van der Waals surface area (Å²) in [6, 6.07) is 0. The molecule has 0 saturated heterocycles. The van der Waals surface area contributed by atoms with E-state index in [1.54, 1.807) is 0 Å². The highest BCUT2D eigenvalue weighted by molar-refractivity contribution is 7.17. The van der Waals surface area contributed by atoms with E-state index in [-0.39, 0.29) is 5.91 Å².